The zero-order valence-electron chi connectivity index (χ0n) is 33.4. The second kappa shape index (κ2) is 13.8. The molecule has 0 fully saturated rings. The van der Waals surface area contributed by atoms with Gasteiger partial charge in [0.25, 0.3) is 0 Å². The van der Waals surface area contributed by atoms with Gasteiger partial charge < -0.3 is 4.42 Å². The molecule has 0 radical (unpaired) electrons. The van der Waals surface area contributed by atoms with Crippen molar-refractivity contribution in [3.05, 3.63) is 193 Å². The average Bonchev–Trinajstić information content (AvgIpc) is 4.00. The van der Waals surface area contributed by atoms with Gasteiger partial charge in [-0.2, -0.15) is 0 Å². The minimum absolute atomic E-state index is 0.0497. The van der Waals surface area contributed by atoms with Crippen molar-refractivity contribution in [3.63, 3.8) is 0 Å². The molecule has 61 heavy (non-hydrogen) atoms. The molecule has 1 aliphatic carbocycles. The Hall–Kier alpha value is -7.54. The summed E-state index contributed by atoms with van der Waals surface area (Å²) in [6.45, 7) is 4.64. The highest BCUT2D eigenvalue weighted by Crippen LogP contribution is 2.49. The fourth-order valence-electron chi connectivity index (χ4n) is 9.08. The van der Waals surface area contributed by atoms with E-state index in [0.29, 0.717) is 23.4 Å². The summed E-state index contributed by atoms with van der Waals surface area (Å²) < 4.78 is 8.85. The summed E-state index contributed by atoms with van der Waals surface area (Å²) in [5.41, 5.74) is 14.9. The first-order chi connectivity index (χ1) is 30.0. The van der Waals surface area contributed by atoms with Crippen LogP contribution in [0.2, 0.25) is 0 Å². The van der Waals surface area contributed by atoms with Crippen molar-refractivity contribution < 1.29 is 4.42 Å². The molecule has 12 rings (SSSR count). The fourth-order valence-corrected chi connectivity index (χ4v) is 10.3. The van der Waals surface area contributed by atoms with Gasteiger partial charge in [0.15, 0.2) is 23.1 Å². The summed E-state index contributed by atoms with van der Waals surface area (Å²) in [5, 5.41) is 2.44. The third-order valence-corrected chi connectivity index (χ3v) is 13.4. The van der Waals surface area contributed by atoms with Gasteiger partial charge in [0.2, 0.25) is 5.89 Å². The molecule has 0 atom stereocenters. The summed E-state index contributed by atoms with van der Waals surface area (Å²) in [4.78, 5) is 20.4. The maximum atomic E-state index is 6.44. The molecule has 3 heterocycles. The molecule has 0 saturated carbocycles. The number of fused-ring (bicyclic) bond motifs is 7. The lowest BCUT2D eigenvalue weighted by Crippen LogP contribution is -2.14. The van der Waals surface area contributed by atoms with Crippen LogP contribution in [0.4, 0.5) is 0 Å². The van der Waals surface area contributed by atoms with Crippen LogP contribution < -0.4 is 0 Å². The van der Waals surface area contributed by atoms with E-state index in [0.717, 1.165) is 54.7 Å². The molecule has 0 saturated heterocycles. The van der Waals surface area contributed by atoms with Crippen molar-refractivity contribution in [3.8, 4) is 79.0 Å². The highest BCUT2D eigenvalue weighted by Gasteiger charge is 2.35. The normalized spacial score (nSPS) is 12.9. The molecule has 5 nitrogen and oxygen atoms in total. The molecule has 1 aliphatic rings. The lowest BCUT2D eigenvalue weighted by Gasteiger charge is -2.22. The van der Waals surface area contributed by atoms with Gasteiger partial charge in [-0.05, 0) is 81.4 Å². The highest BCUT2D eigenvalue weighted by molar-refractivity contribution is 7.26. The third-order valence-electron chi connectivity index (χ3n) is 12.2. The fraction of sp³-hybridized carbons (Fsp3) is 0.0545. The smallest absolute Gasteiger partial charge is 0.227 e. The molecule has 0 N–H and O–H groups in total. The Morgan fingerprint density at radius 3 is 1.92 bits per heavy atom. The predicted octanol–water partition coefficient (Wildman–Crippen LogP) is 14.7. The van der Waals surface area contributed by atoms with Crippen LogP contribution >= 0.6 is 11.3 Å². The molecule has 0 aliphatic heterocycles. The van der Waals surface area contributed by atoms with Crippen LogP contribution in [0.3, 0.4) is 0 Å². The number of rotatable bonds is 6. The van der Waals surface area contributed by atoms with E-state index in [2.05, 4.69) is 153 Å². The zero-order chi connectivity index (χ0) is 40.7. The number of oxazole rings is 1. The van der Waals surface area contributed by atoms with Crippen molar-refractivity contribution in [2.24, 2.45) is 0 Å². The number of nitrogens with zero attached hydrogens (tertiary/aromatic N) is 4. The molecule has 0 amide bonds. The van der Waals surface area contributed by atoms with Gasteiger partial charge in [0.1, 0.15) is 5.52 Å². The Balaban J connectivity index is 0.902. The third kappa shape index (κ3) is 5.82. The van der Waals surface area contributed by atoms with E-state index in [1.54, 1.807) is 11.3 Å². The second-order valence-electron chi connectivity index (χ2n) is 16.2. The van der Waals surface area contributed by atoms with Crippen molar-refractivity contribution in [1.82, 2.24) is 19.9 Å². The molecule has 0 spiro atoms. The van der Waals surface area contributed by atoms with Gasteiger partial charge in [-0.25, -0.2) is 19.9 Å². The van der Waals surface area contributed by atoms with Crippen molar-refractivity contribution in [2.45, 2.75) is 19.3 Å². The average molecular weight is 801 g/mol. The Labute approximate surface area is 356 Å². The molecule has 6 heteroatoms. The first kappa shape index (κ1) is 35.4. The minimum atomic E-state index is -0.0497. The Bertz CT molecular complexity index is 3510. The van der Waals surface area contributed by atoms with Crippen molar-refractivity contribution in [1.29, 1.82) is 0 Å². The Morgan fingerprint density at radius 1 is 0.410 bits per heavy atom. The summed E-state index contributed by atoms with van der Waals surface area (Å²) in [6, 6.07) is 63.7. The summed E-state index contributed by atoms with van der Waals surface area (Å²) in [6.07, 6.45) is 0. The van der Waals surface area contributed by atoms with E-state index in [1.807, 2.05) is 42.5 Å². The van der Waals surface area contributed by atoms with E-state index >= 15 is 0 Å². The molecular formula is C55H36N4OS. The number of para-hydroxylation sites is 1. The quantitative estimate of drug-likeness (QED) is 0.168. The van der Waals surface area contributed by atoms with E-state index in [-0.39, 0.29) is 5.41 Å². The lowest BCUT2D eigenvalue weighted by molar-refractivity contribution is 0.620. The number of benzene rings is 8. The second-order valence-corrected chi connectivity index (χ2v) is 17.3. The van der Waals surface area contributed by atoms with Crippen LogP contribution in [0, 0.1) is 0 Å². The summed E-state index contributed by atoms with van der Waals surface area (Å²) in [7, 11) is 0. The van der Waals surface area contributed by atoms with E-state index in [9.17, 15) is 0 Å². The number of hydrogen-bond acceptors (Lipinski definition) is 6. The molecule has 8 aromatic carbocycles. The van der Waals surface area contributed by atoms with Crippen molar-refractivity contribution in [2.75, 3.05) is 0 Å². The maximum Gasteiger partial charge on any atom is 0.227 e. The van der Waals surface area contributed by atoms with E-state index in [1.165, 1.54) is 43.3 Å². The highest BCUT2D eigenvalue weighted by atomic mass is 32.1. The van der Waals surface area contributed by atoms with Crippen LogP contribution in [-0.2, 0) is 5.41 Å². The standard InChI is InChI=1S/C55H36N4OS/c1-55(2)45-22-8-6-17-40(45)41-30-29-36(32-46(41)55)33-25-27-35(28-26-33)54-56-49-39(19-12-23-47(49)60-54)37-15-10-16-38(31-37)52-57-51(34-13-4-3-5-14-34)58-53(59-52)44-21-11-20-43-42-18-7-9-24-48(42)61-50(43)44/h3-32H,1-2H3. The van der Waals surface area contributed by atoms with Gasteiger partial charge in [0.05, 0.1) is 0 Å². The SMILES string of the molecule is CC1(C)c2ccccc2-c2ccc(-c3ccc(-c4nc5c(-c6cccc(-c7nc(-c8ccccc8)nc(-c8cccc9c8sc8ccccc89)n7)c6)cccc5o4)cc3)cc21. The van der Waals surface area contributed by atoms with Crippen LogP contribution in [0.1, 0.15) is 25.0 Å². The predicted molar refractivity (Wildman–Crippen MR) is 250 cm³/mol. The zero-order valence-corrected chi connectivity index (χ0v) is 34.2. The van der Waals surface area contributed by atoms with Gasteiger partial charge in [-0.1, -0.05) is 153 Å². The van der Waals surface area contributed by atoms with Crippen molar-refractivity contribution >= 4 is 42.6 Å². The number of aromatic nitrogens is 4. The maximum absolute atomic E-state index is 6.44. The Kier molecular flexibility index (Phi) is 7.99. The lowest BCUT2D eigenvalue weighted by atomic mass is 9.81. The molecule has 11 aromatic rings. The summed E-state index contributed by atoms with van der Waals surface area (Å²) >= 11 is 1.77. The molecule has 0 bridgehead atoms. The number of hydrogen-bond donors (Lipinski definition) is 0. The molecule has 3 aromatic heterocycles. The van der Waals surface area contributed by atoms with Gasteiger partial charge in [0, 0.05) is 53.4 Å². The largest absolute Gasteiger partial charge is 0.436 e. The minimum Gasteiger partial charge on any atom is -0.436 e. The first-order valence-corrected chi connectivity index (χ1v) is 21.4. The van der Waals surface area contributed by atoms with Gasteiger partial charge in [-0.15, -0.1) is 11.3 Å². The molecule has 288 valence electrons. The van der Waals surface area contributed by atoms with E-state index in [4.69, 9.17) is 24.4 Å². The van der Waals surface area contributed by atoms with Crippen LogP contribution in [0.15, 0.2) is 186 Å². The summed E-state index contributed by atoms with van der Waals surface area (Å²) in [5.74, 6) is 2.46. The monoisotopic (exact) mass is 800 g/mol. The van der Waals surface area contributed by atoms with Crippen LogP contribution in [-0.4, -0.2) is 19.9 Å². The van der Waals surface area contributed by atoms with Crippen LogP contribution in [0.25, 0.3) is 110 Å². The van der Waals surface area contributed by atoms with Gasteiger partial charge in [-0.3, -0.25) is 0 Å². The molecule has 0 unspecified atom stereocenters. The van der Waals surface area contributed by atoms with E-state index < -0.39 is 0 Å². The van der Waals surface area contributed by atoms with Crippen LogP contribution in [0.5, 0.6) is 0 Å². The topological polar surface area (TPSA) is 64.7 Å². The molecular weight excluding hydrogens is 765 g/mol. The Morgan fingerprint density at radius 2 is 1.03 bits per heavy atom. The number of thiophene rings is 1. The first-order valence-electron chi connectivity index (χ1n) is 20.5. The van der Waals surface area contributed by atoms with Gasteiger partial charge >= 0.3 is 0 Å².